The molecule has 1 saturated heterocycles. The lowest BCUT2D eigenvalue weighted by atomic mass is 9.97. The van der Waals surface area contributed by atoms with Crippen molar-refractivity contribution in [3.63, 3.8) is 0 Å². The summed E-state index contributed by atoms with van der Waals surface area (Å²) < 4.78 is 0. The number of rotatable bonds is 4. The number of hydrogen-bond donors (Lipinski definition) is 3. The molecule has 1 aromatic rings. The van der Waals surface area contributed by atoms with Gasteiger partial charge >= 0.3 is 0 Å². The summed E-state index contributed by atoms with van der Waals surface area (Å²) in [7, 11) is 0. The third-order valence-electron chi connectivity index (χ3n) is 3.36. The van der Waals surface area contributed by atoms with Crippen molar-refractivity contribution in [1.29, 1.82) is 0 Å². The first-order valence-electron chi connectivity index (χ1n) is 6.55. The van der Waals surface area contributed by atoms with Crippen molar-refractivity contribution in [2.75, 3.05) is 13.1 Å². The second kappa shape index (κ2) is 6.33. The molecule has 1 fully saturated rings. The first kappa shape index (κ1) is 13.5. The van der Waals surface area contributed by atoms with Crippen molar-refractivity contribution < 1.29 is 9.59 Å². The zero-order chi connectivity index (χ0) is 13.7. The molecule has 0 aliphatic carbocycles. The van der Waals surface area contributed by atoms with Crippen molar-refractivity contribution in [2.24, 2.45) is 5.73 Å². The summed E-state index contributed by atoms with van der Waals surface area (Å²) >= 11 is 0. The minimum Gasteiger partial charge on any atom is -0.354 e. The third-order valence-corrected chi connectivity index (χ3v) is 3.36. The Bertz CT molecular complexity index is 447. The van der Waals surface area contributed by atoms with Gasteiger partial charge < -0.3 is 16.4 Å². The Morgan fingerprint density at radius 2 is 2.16 bits per heavy atom. The van der Waals surface area contributed by atoms with Crippen LogP contribution in [0.4, 0.5) is 0 Å². The predicted octanol–water partition coefficient (Wildman–Crippen LogP) is 0.124. The number of nitrogens with one attached hydrogen (secondary N) is 2. The molecule has 0 aromatic heterocycles. The number of piperidine rings is 1. The molecule has 1 aliphatic rings. The maximum Gasteiger partial charge on any atom is 0.242 e. The van der Waals surface area contributed by atoms with E-state index >= 15 is 0 Å². The van der Waals surface area contributed by atoms with Gasteiger partial charge in [0.05, 0.1) is 5.92 Å². The molecule has 2 rings (SSSR count). The normalized spacial score (nSPS) is 20.5. The van der Waals surface area contributed by atoms with E-state index in [4.69, 9.17) is 5.73 Å². The summed E-state index contributed by atoms with van der Waals surface area (Å²) in [5, 5.41) is 5.54. The maximum atomic E-state index is 12.2. The minimum atomic E-state index is -0.431. The highest BCUT2D eigenvalue weighted by atomic mass is 16.2. The van der Waals surface area contributed by atoms with Gasteiger partial charge in [-0.05, 0) is 18.4 Å². The van der Waals surface area contributed by atoms with Crippen molar-refractivity contribution in [3.8, 4) is 0 Å². The first-order valence-corrected chi connectivity index (χ1v) is 6.55. The molecule has 1 aromatic carbocycles. The zero-order valence-electron chi connectivity index (χ0n) is 10.8. The van der Waals surface area contributed by atoms with Gasteiger partial charge in [0.25, 0.3) is 0 Å². The van der Waals surface area contributed by atoms with Gasteiger partial charge in [-0.1, -0.05) is 30.3 Å². The zero-order valence-corrected chi connectivity index (χ0v) is 10.8. The van der Waals surface area contributed by atoms with Gasteiger partial charge in [-0.15, -0.1) is 0 Å². The van der Waals surface area contributed by atoms with Crippen LogP contribution in [0.2, 0.25) is 0 Å². The highest BCUT2D eigenvalue weighted by Crippen LogP contribution is 2.15. The smallest absolute Gasteiger partial charge is 0.242 e. The van der Waals surface area contributed by atoms with Crippen LogP contribution in [0.5, 0.6) is 0 Å². The summed E-state index contributed by atoms with van der Waals surface area (Å²) in [5.41, 5.74) is 6.56. The largest absolute Gasteiger partial charge is 0.354 e. The molecule has 5 nitrogen and oxygen atoms in total. The lowest BCUT2D eigenvalue weighted by Crippen LogP contribution is -2.51. The molecule has 1 heterocycles. The first-order chi connectivity index (χ1) is 9.22. The van der Waals surface area contributed by atoms with E-state index in [0.717, 1.165) is 12.0 Å². The fourth-order valence-corrected chi connectivity index (χ4v) is 2.26. The number of hydrogen-bond acceptors (Lipinski definition) is 3. The van der Waals surface area contributed by atoms with Gasteiger partial charge in [-0.3, -0.25) is 9.59 Å². The molecule has 1 aliphatic heterocycles. The predicted molar refractivity (Wildman–Crippen MR) is 72.4 cm³/mol. The van der Waals surface area contributed by atoms with Crippen LogP contribution < -0.4 is 16.4 Å². The van der Waals surface area contributed by atoms with E-state index in [9.17, 15) is 9.59 Å². The van der Waals surface area contributed by atoms with Crippen LogP contribution in [0.3, 0.4) is 0 Å². The number of carbonyl (C=O) groups excluding carboxylic acids is 2. The Labute approximate surface area is 112 Å². The van der Waals surface area contributed by atoms with Gasteiger partial charge in [0.2, 0.25) is 11.8 Å². The van der Waals surface area contributed by atoms with Crippen LogP contribution in [0, 0.1) is 0 Å². The Morgan fingerprint density at radius 3 is 2.79 bits per heavy atom. The van der Waals surface area contributed by atoms with Gasteiger partial charge in [-0.2, -0.15) is 0 Å². The average molecular weight is 261 g/mol. The molecule has 0 spiro atoms. The van der Waals surface area contributed by atoms with Crippen molar-refractivity contribution in [3.05, 3.63) is 35.9 Å². The highest BCUT2D eigenvalue weighted by Gasteiger charge is 2.27. The fraction of sp³-hybridized carbons (Fsp3) is 0.429. The highest BCUT2D eigenvalue weighted by molar-refractivity contribution is 5.91. The second-order valence-electron chi connectivity index (χ2n) is 4.69. The molecule has 2 unspecified atom stereocenters. The van der Waals surface area contributed by atoms with Crippen molar-refractivity contribution in [2.45, 2.75) is 24.8 Å². The summed E-state index contributed by atoms with van der Waals surface area (Å²) in [6.07, 6.45) is 1.57. The Hall–Kier alpha value is -1.88. The number of benzene rings is 1. The van der Waals surface area contributed by atoms with E-state index in [1.54, 1.807) is 0 Å². The number of carbonyl (C=O) groups is 2. The minimum absolute atomic E-state index is 0.108. The monoisotopic (exact) mass is 261 g/mol. The summed E-state index contributed by atoms with van der Waals surface area (Å²) in [6, 6.07) is 8.95. The molecule has 2 amide bonds. The van der Waals surface area contributed by atoms with E-state index in [1.807, 2.05) is 30.3 Å². The van der Waals surface area contributed by atoms with Crippen LogP contribution in [-0.4, -0.2) is 30.9 Å². The SMILES string of the molecule is NCC(C(=O)NC1CCCNC1=O)c1ccccc1. The molecule has 0 radical (unpaired) electrons. The Morgan fingerprint density at radius 1 is 1.42 bits per heavy atom. The molecule has 19 heavy (non-hydrogen) atoms. The Balaban J connectivity index is 2.03. The molecule has 5 heteroatoms. The lowest BCUT2D eigenvalue weighted by molar-refractivity contribution is -0.130. The quantitative estimate of drug-likeness (QED) is 0.720. The van der Waals surface area contributed by atoms with Crippen LogP contribution in [0.1, 0.15) is 24.3 Å². The summed E-state index contributed by atoms with van der Waals surface area (Å²) in [5.74, 6) is -0.699. The molecular formula is C14H19N3O2. The van der Waals surface area contributed by atoms with Crippen molar-refractivity contribution >= 4 is 11.8 Å². The maximum absolute atomic E-state index is 12.2. The molecule has 2 atom stereocenters. The van der Waals surface area contributed by atoms with Crippen LogP contribution in [0.25, 0.3) is 0 Å². The van der Waals surface area contributed by atoms with Gasteiger partial charge in [-0.25, -0.2) is 0 Å². The number of amides is 2. The molecule has 4 N–H and O–H groups in total. The average Bonchev–Trinajstić information content (AvgIpc) is 2.43. The van der Waals surface area contributed by atoms with E-state index in [-0.39, 0.29) is 18.4 Å². The van der Waals surface area contributed by atoms with Crippen molar-refractivity contribution in [1.82, 2.24) is 10.6 Å². The summed E-state index contributed by atoms with van der Waals surface area (Å²) in [6.45, 7) is 0.911. The fourth-order valence-electron chi connectivity index (χ4n) is 2.26. The van der Waals surface area contributed by atoms with Crippen LogP contribution >= 0.6 is 0 Å². The third kappa shape index (κ3) is 3.32. The van der Waals surface area contributed by atoms with Crippen LogP contribution in [-0.2, 0) is 9.59 Å². The van der Waals surface area contributed by atoms with E-state index < -0.39 is 12.0 Å². The standard InChI is InChI=1S/C14H19N3O2/c15-9-11(10-5-2-1-3-6-10)13(18)17-12-7-4-8-16-14(12)19/h1-3,5-6,11-12H,4,7-9,15H2,(H,16,19)(H,17,18). The molecular weight excluding hydrogens is 242 g/mol. The van der Waals surface area contributed by atoms with E-state index in [1.165, 1.54) is 0 Å². The number of nitrogens with two attached hydrogens (primary N) is 1. The molecule has 0 saturated carbocycles. The summed E-state index contributed by atoms with van der Waals surface area (Å²) in [4.78, 5) is 23.8. The Kier molecular flexibility index (Phi) is 4.52. The second-order valence-corrected chi connectivity index (χ2v) is 4.69. The van der Waals surface area contributed by atoms with Gasteiger partial charge in [0, 0.05) is 13.1 Å². The topological polar surface area (TPSA) is 84.2 Å². The van der Waals surface area contributed by atoms with Gasteiger partial charge in [0.1, 0.15) is 6.04 Å². The van der Waals surface area contributed by atoms with E-state index in [2.05, 4.69) is 10.6 Å². The molecule has 0 bridgehead atoms. The van der Waals surface area contributed by atoms with Gasteiger partial charge in [0.15, 0.2) is 0 Å². The van der Waals surface area contributed by atoms with E-state index in [0.29, 0.717) is 13.0 Å². The van der Waals surface area contributed by atoms with Crippen LogP contribution in [0.15, 0.2) is 30.3 Å². The lowest BCUT2D eigenvalue weighted by Gasteiger charge is -2.25. The molecule has 102 valence electrons.